The molecule has 0 aliphatic carbocycles. The smallest absolute Gasteiger partial charge is 0.248 e. The van der Waals surface area contributed by atoms with Gasteiger partial charge >= 0.3 is 0 Å². The summed E-state index contributed by atoms with van der Waals surface area (Å²) in [7, 11) is 1.62. The lowest BCUT2D eigenvalue weighted by Gasteiger charge is -2.12. The average Bonchev–Trinajstić information content (AvgIpc) is 3.48. The van der Waals surface area contributed by atoms with E-state index in [9.17, 15) is 4.79 Å². The van der Waals surface area contributed by atoms with Gasteiger partial charge in [0.25, 0.3) is 0 Å². The molecule has 6 aromatic heterocycles. The van der Waals surface area contributed by atoms with E-state index in [1.807, 2.05) is 54.4 Å². The first kappa shape index (κ1) is 24.1. The molecule has 0 spiro atoms. The van der Waals surface area contributed by atoms with Crippen molar-refractivity contribution in [2.75, 3.05) is 13.7 Å². The highest BCUT2D eigenvalue weighted by Crippen LogP contribution is 2.34. The van der Waals surface area contributed by atoms with Crippen molar-refractivity contribution in [3.05, 3.63) is 80.5 Å². The first-order valence-corrected chi connectivity index (χ1v) is 12.8. The number of hydrogen-bond donors (Lipinski definition) is 1. The topological polar surface area (TPSA) is 112 Å². The van der Waals surface area contributed by atoms with E-state index in [2.05, 4.69) is 35.9 Å². The Balaban J connectivity index is 1.30. The molecule has 0 fully saturated rings. The van der Waals surface area contributed by atoms with Crippen molar-refractivity contribution < 1.29 is 9.47 Å². The first-order valence-electron chi connectivity index (χ1n) is 12.0. The van der Waals surface area contributed by atoms with Gasteiger partial charge in [-0.25, -0.2) is 19.9 Å². The number of H-pyrrole nitrogens is 1. The monoisotopic (exact) mass is 573 g/mol. The van der Waals surface area contributed by atoms with Gasteiger partial charge in [0.2, 0.25) is 5.56 Å². The molecule has 0 amide bonds. The maximum atomic E-state index is 11.6. The number of nitrogens with one attached hydrogen (secondary N) is 1. The number of hydrogen-bond acceptors (Lipinski definition) is 7. The number of aromatic nitrogens is 7. The van der Waals surface area contributed by atoms with Gasteiger partial charge in [0.05, 0.1) is 52.4 Å². The molecule has 6 rings (SSSR count). The Morgan fingerprint density at radius 2 is 1.71 bits per heavy atom. The SMILES string of the molecule is COc1c(-c2ncc3[nH]c(=O)ccc3n2)cn2cc(CCOc3c(Br)cn4cc(C)nc4c3C)nc2c1C. The van der Waals surface area contributed by atoms with Crippen LogP contribution in [0.15, 0.2) is 52.4 Å². The highest BCUT2D eigenvalue weighted by atomic mass is 79.9. The fraction of sp³-hybridized carbons (Fsp3) is 0.222. The standard InChI is InChI=1S/C27H24BrN7O3/c1-14-10-34-13-19(28)24(16(3)26(34)30-14)38-8-7-17-11-35-12-18(23(37-4)15(2)27(35)31-17)25-29-9-21-20(33-25)5-6-22(36)32-21/h5-6,9-13H,7-8H2,1-4H3,(H,32,36). The Hall–Kier alpha value is -4.25. The third-order valence-corrected chi connectivity index (χ3v) is 7.05. The van der Waals surface area contributed by atoms with E-state index in [0.717, 1.165) is 49.6 Å². The minimum absolute atomic E-state index is 0.196. The number of imidazole rings is 2. The number of nitrogens with zero attached hydrogens (tertiary/aromatic N) is 6. The molecule has 0 saturated carbocycles. The van der Waals surface area contributed by atoms with Crippen molar-refractivity contribution in [2.24, 2.45) is 0 Å². The molecule has 10 nitrogen and oxygen atoms in total. The van der Waals surface area contributed by atoms with Gasteiger partial charge < -0.3 is 23.3 Å². The Morgan fingerprint density at radius 3 is 2.53 bits per heavy atom. The number of rotatable bonds is 6. The fourth-order valence-electron chi connectivity index (χ4n) is 4.73. The van der Waals surface area contributed by atoms with Crippen LogP contribution in [0.25, 0.3) is 33.7 Å². The van der Waals surface area contributed by atoms with Gasteiger partial charge in [0, 0.05) is 48.4 Å². The molecular weight excluding hydrogens is 550 g/mol. The number of fused-ring (bicyclic) bond motifs is 3. The van der Waals surface area contributed by atoms with Crippen LogP contribution in [0.1, 0.15) is 22.5 Å². The predicted octanol–water partition coefficient (Wildman–Crippen LogP) is 4.60. The third kappa shape index (κ3) is 4.08. The molecular formula is C27H24BrN7O3. The van der Waals surface area contributed by atoms with E-state index in [-0.39, 0.29) is 5.56 Å². The van der Waals surface area contributed by atoms with Crippen LogP contribution >= 0.6 is 15.9 Å². The lowest BCUT2D eigenvalue weighted by atomic mass is 10.1. The molecule has 0 saturated heterocycles. The maximum absolute atomic E-state index is 11.6. The molecule has 0 aromatic carbocycles. The van der Waals surface area contributed by atoms with Crippen LogP contribution < -0.4 is 15.0 Å². The van der Waals surface area contributed by atoms with Crippen LogP contribution in [0, 0.1) is 20.8 Å². The molecule has 0 atom stereocenters. The first-order chi connectivity index (χ1) is 18.3. The summed E-state index contributed by atoms with van der Waals surface area (Å²) >= 11 is 3.63. The van der Waals surface area contributed by atoms with Gasteiger partial charge in [-0.2, -0.15) is 0 Å². The van der Waals surface area contributed by atoms with Crippen LogP contribution in [0.2, 0.25) is 0 Å². The summed E-state index contributed by atoms with van der Waals surface area (Å²) in [5.41, 5.74) is 7.12. The van der Waals surface area contributed by atoms with E-state index in [0.29, 0.717) is 35.6 Å². The summed E-state index contributed by atoms with van der Waals surface area (Å²) in [6.07, 6.45) is 10.1. The largest absolute Gasteiger partial charge is 0.496 e. The fourth-order valence-corrected chi connectivity index (χ4v) is 5.36. The molecule has 192 valence electrons. The van der Waals surface area contributed by atoms with Crippen molar-refractivity contribution in [3.8, 4) is 22.9 Å². The van der Waals surface area contributed by atoms with Crippen LogP contribution in [0.4, 0.5) is 0 Å². The number of pyridine rings is 3. The Labute approximate surface area is 225 Å². The lowest BCUT2D eigenvalue weighted by Crippen LogP contribution is -2.05. The minimum atomic E-state index is -0.196. The van der Waals surface area contributed by atoms with Gasteiger partial charge in [0.1, 0.15) is 22.8 Å². The quantitative estimate of drug-likeness (QED) is 0.310. The number of aryl methyl sites for hydroxylation is 3. The van der Waals surface area contributed by atoms with E-state index in [4.69, 9.17) is 14.5 Å². The van der Waals surface area contributed by atoms with Crippen molar-refractivity contribution in [1.29, 1.82) is 0 Å². The second kappa shape index (κ2) is 9.25. The van der Waals surface area contributed by atoms with E-state index >= 15 is 0 Å². The van der Waals surface area contributed by atoms with Crippen LogP contribution in [-0.2, 0) is 6.42 Å². The molecule has 11 heteroatoms. The van der Waals surface area contributed by atoms with Crippen LogP contribution in [0.3, 0.4) is 0 Å². The summed E-state index contributed by atoms with van der Waals surface area (Å²) in [4.78, 5) is 32.9. The Bertz CT molecular complexity index is 1920. The van der Waals surface area contributed by atoms with Crippen molar-refractivity contribution in [1.82, 2.24) is 33.7 Å². The zero-order valence-electron chi connectivity index (χ0n) is 21.2. The summed E-state index contributed by atoms with van der Waals surface area (Å²) < 4.78 is 16.8. The minimum Gasteiger partial charge on any atom is -0.496 e. The van der Waals surface area contributed by atoms with Gasteiger partial charge in [-0.3, -0.25) is 4.79 Å². The molecule has 6 heterocycles. The van der Waals surface area contributed by atoms with Crippen LogP contribution in [-0.4, -0.2) is 47.4 Å². The second-order valence-electron chi connectivity index (χ2n) is 9.12. The zero-order chi connectivity index (χ0) is 26.6. The number of halogens is 1. The summed E-state index contributed by atoms with van der Waals surface area (Å²) in [5.74, 6) is 1.93. The molecule has 1 N–H and O–H groups in total. The van der Waals surface area contributed by atoms with Crippen LogP contribution in [0.5, 0.6) is 11.5 Å². The van der Waals surface area contributed by atoms with Gasteiger partial charge in [-0.05, 0) is 42.8 Å². The lowest BCUT2D eigenvalue weighted by molar-refractivity contribution is 0.316. The van der Waals surface area contributed by atoms with Gasteiger partial charge in [-0.15, -0.1) is 0 Å². The molecule has 0 unspecified atom stereocenters. The molecule has 0 radical (unpaired) electrons. The number of methoxy groups -OCH3 is 1. The van der Waals surface area contributed by atoms with E-state index in [1.165, 1.54) is 6.07 Å². The van der Waals surface area contributed by atoms with Crippen molar-refractivity contribution in [2.45, 2.75) is 27.2 Å². The van der Waals surface area contributed by atoms with Crippen molar-refractivity contribution in [3.63, 3.8) is 0 Å². The Kier molecular flexibility index (Phi) is 5.87. The highest BCUT2D eigenvalue weighted by molar-refractivity contribution is 9.10. The average molecular weight is 574 g/mol. The molecule has 0 aliphatic heterocycles. The molecule has 0 bridgehead atoms. The Morgan fingerprint density at radius 1 is 0.947 bits per heavy atom. The molecule has 6 aromatic rings. The van der Waals surface area contributed by atoms with E-state index in [1.54, 1.807) is 19.4 Å². The number of aromatic amines is 1. The summed E-state index contributed by atoms with van der Waals surface area (Å²) in [6, 6.07) is 3.13. The third-order valence-electron chi connectivity index (χ3n) is 6.49. The molecule has 0 aliphatic rings. The maximum Gasteiger partial charge on any atom is 0.248 e. The highest BCUT2D eigenvalue weighted by Gasteiger charge is 2.18. The number of ether oxygens (including phenoxy) is 2. The molecule has 38 heavy (non-hydrogen) atoms. The van der Waals surface area contributed by atoms with Crippen molar-refractivity contribution >= 4 is 38.3 Å². The van der Waals surface area contributed by atoms with Gasteiger partial charge in [-0.1, -0.05) is 0 Å². The zero-order valence-corrected chi connectivity index (χ0v) is 22.8. The van der Waals surface area contributed by atoms with E-state index < -0.39 is 0 Å². The van der Waals surface area contributed by atoms with Gasteiger partial charge in [0.15, 0.2) is 5.82 Å². The normalized spacial score (nSPS) is 11.6. The summed E-state index contributed by atoms with van der Waals surface area (Å²) in [5, 5.41) is 0. The second-order valence-corrected chi connectivity index (χ2v) is 9.98. The summed E-state index contributed by atoms with van der Waals surface area (Å²) in [6.45, 7) is 6.40. The predicted molar refractivity (Wildman–Crippen MR) is 147 cm³/mol.